The minimum atomic E-state index is -0.901. The molecule has 5 heteroatoms. The molecular weight excluding hydrogens is 196 g/mol. The standard InChI is InChI=1S/C10H20N2O3/c1-5-6-12(7-9(13)14)8(2)10(15)11(3)4/h8H,5-7H2,1-4H3,(H,13,14). The van der Waals surface area contributed by atoms with Gasteiger partial charge in [-0.25, -0.2) is 0 Å². The summed E-state index contributed by atoms with van der Waals surface area (Å²) < 4.78 is 0. The van der Waals surface area contributed by atoms with Gasteiger partial charge in [-0.05, 0) is 19.9 Å². The van der Waals surface area contributed by atoms with Crippen molar-refractivity contribution in [3.8, 4) is 0 Å². The molecule has 0 fully saturated rings. The summed E-state index contributed by atoms with van der Waals surface area (Å²) in [4.78, 5) is 25.4. The van der Waals surface area contributed by atoms with Crippen molar-refractivity contribution >= 4 is 11.9 Å². The van der Waals surface area contributed by atoms with Gasteiger partial charge in [-0.3, -0.25) is 14.5 Å². The van der Waals surface area contributed by atoms with Gasteiger partial charge in [0.05, 0.1) is 12.6 Å². The number of hydrogen-bond acceptors (Lipinski definition) is 3. The second kappa shape index (κ2) is 6.40. The van der Waals surface area contributed by atoms with Crippen molar-refractivity contribution in [3.63, 3.8) is 0 Å². The van der Waals surface area contributed by atoms with Crippen LogP contribution in [0.5, 0.6) is 0 Å². The highest BCUT2D eigenvalue weighted by Gasteiger charge is 2.23. The van der Waals surface area contributed by atoms with Gasteiger partial charge in [0.15, 0.2) is 0 Å². The van der Waals surface area contributed by atoms with Crippen LogP contribution in [0.2, 0.25) is 0 Å². The molecule has 0 aromatic rings. The molecule has 0 aromatic heterocycles. The molecule has 0 bridgehead atoms. The van der Waals surface area contributed by atoms with Crippen molar-refractivity contribution in [3.05, 3.63) is 0 Å². The quantitative estimate of drug-likeness (QED) is 0.692. The van der Waals surface area contributed by atoms with Crippen molar-refractivity contribution in [1.29, 1.82) is 0 Å². The number of carboxylic acids is 1. The van der Waals surface area contributed by atoms with Gasteiger partial charge in [-0.2, -0.15) is 0 Å². The summed E-state index contributed by atoms with van der Waals surface area (Å²) in [6.45, 7) is 4.23. The van der Waals surface area contributed by atoms with E-state index in [1.807, 2.05) is 6.92 Å². The lowest BCUT2D eigenvalue weighted by Crippen LogP contribution is -2.46. The molecule has 1 amide bonds. The average molecular weight is 216 g/mol. The van der Waals surface area contributed by atoms with Gasteiger partial charge in [0, 0.05) is 14.1 Å². The number of rotatable bonds is 6. The zero-order valence-corrected chi connectivity index (χ0v) is 9.86. The number of nitrogens with zero attached hydrogens (tertiary/aromatic N) is 2. The molecule has 0 rings (SSSR count). The number of hydrogen-bond donors (Lipinski definition) is 1. The highest BCUT2D eigenvalue weighted by Crippen LogP contribution is 2.03. The Bertz CT molecular complexity index is 229. The van der Waals surface area contributed by atoms with Crippen LogP contribution in [0.4, 0.5) is 0 Å². The molecule has 0 saturated carbocycles. The SMILES string of the molecule is CCCN(CC(=O)O)C(C)C(=O)N(C)C. The first-order valence-electron chi connectivity index (χ1n) is 5.07. The number of carbonyl (C=O) groups excluding carboxylic acids is 1. The van der Waals surface area contributed by atoms with E-state index in [4.69, 9.17) is 5.11 Å². The van der Waals surface area contributed by atoms with E-state index < -0.39 is 5.97 Å². The summed E-state index contributed by atoms with van der Waals surface area (Å²) >= 11 is 0. The molecule has 15 heavy (non-hydrogen) atoms. The molecule has 0 saturated heterocycles. The van der Waals surface area contributed by atoms with E-state index in [0.717, 1.165) is 6.42 Å². The Morgan fingerprint density at radius 3 is 2.20 bits per heavy atom. The van der Waals surface area contributed by atoms with E-state index in [9.17, 15) is 9.59 Å². The molecule has 0 spiro atoms. The maximum Gasteiger partial charge on any atom is 0.317 e. The minimum absolute atomic E-state index is 0.0651. The van der Waals surface area contributed by atoms with Crippen LogP contribution >= 0.6 is 0 Å². The molecule has 0 aliphatic carbocycles. The van der Waals surface area contributed by atoms with Crippen LogP contribution in [-0.4, -0.2) is 60.0 Å². The van der Waals surface area contributed by atoms with E-state index in [1.54, 1.807) is 25.9 Å². The Morgan fingerprint density at radius 2 is 1.87 bits per heavy atom. The van der Waals surface area contributed by atoms with E-state index in [0.29, 0.717) is 6.54 Å². The van der Waals surface area contributed by atoms with Crippen LogP contribution in [0.1, 0.15) is 20.3 Å². The van der Waals surface area contributed by atoms with Crippen molar-refractivity contribution in [2.45, 2.75) is 26.3 Å². The lowest BCUT2D eigenvalue weighted by Gasteiger charge is -2.28. The molecule has 5 nitrogen and oxygen atoms in total. The van der Waals surface area contributed by atoms with Gasteiger partial charge in [-0.1, -0.05) is 6.92 Å². The minimum Gasteiger partial charge on any atom is -0.480 e. The third-order valence-electron chi connectivity index (χ3n) is 2.20. The highest BCUT2D eigenvalue weighted by atomic mass is 16.4. The topological polar surface area (TPSA) is 60.9 Å². The molecule has 0 radical (unpaired) electrons. The maximum absolute atomic E-state index is 11.6. The van der Waals surface area contributed by atoms with Crippen LogP contribution < -0.4 is 0 Å². The fourth-order valence-electron chi connectivity index (χ4n) is 1.40. The molecule has 1 unspecified atom stereocenters. The summed E-state index contributed by atoms with van der Waals surface area (Å²) in [5.41, 5.74) is 0. The Kier molecular flexibility index (Phi) is 5.93. The van der Waals surface area contributed by atoms with Crippen LogP contribution in [0.3, 0.4) is 0 Å². The molecule has 0 heterocycles. The van der Waals surface area contributed by atoms with Gasteiger partial charge in [0.1, 0.15) is 0 Å². The van der Waals surface area contributed by atoms with Crippen molar-refractivity contribution in [2.75, 3.05) is 27.2 Å². The second-order valence-electron chi connectivity index (χ2n) is 3.77. The normalized spacial score (nSPS) is 12.6. The summed E-state index contributed by atoms with van der Waals surface area (Å²) in [6.07, 6.45) is 0.832. The molecule has 0 aromatic carbocycles. The first kappa shape index (κ1) is 13.9. The number of carboxylic acid groups (broad SMARTS) is 1. The molecule has 1 atom stereocenters. The van der Waals surface area contributed by atoms with Crippen LogP contribution in [0, 0.1) is 0 Å². The van der Waals surface area contributed by atoms with E-state index in [2.05, 4.69) is 0 Å². The molecule has 0 aliphatic heterocycles. The highest BCUT2D eigenvalue weighted by molar-refractivity contribution is 5.81. The van der Waals surface area contributed by atoms with E-state index in [-0.39, 0.29) is 18.5 Å². The molecule has 0 aliphatic rings. The smallest absolute Gasteiger partial charge is 0.317 e. The lowest BCUT2D eigenvalue weighted by atomic mass is 10.2. The predicted molar refractivity (Wildman–Crippen MR) is 57.7 cm³/mol. The zero-order valence-electron chi connectivity index (χ0n) is 9.86. The van der Waals surface area contributed by atoms with Crippen LogP contribution in [0.15, 0.2) is 0 Å². The Balaban J connectivity index is 4.46. The van der Waals surface area contributed by atoms with Crippen LogP contribution in [0.25, 0.3) is 0 Å². The number of likely N-dealkylation sites (N-methyl/N-ethyl adjacent to an activating group) is 1. The van der Waals surface area contributed by atoms with Gasteiger partial charge in [-0.15, -0.1) is 0 Å². The third-order valence-corrected chi connectivity index (χ3v) is 2.20. The summed E-state index contributed by atoms with van der Waals surface area (Å²) in [7, 11) is 3.34. The van der Waals surface area contributed by atoms with Crippen molar-refractivity contribution in [2.24, 2.45) is 0 Å². The number of amides is 1. The van der Waals surface area contributed by atoms with Gasteiger partial charge in [0.25, 0.3) is 0 Å². The average Bonchev–Trinajstić information content (AvgIpc) is 2.14. The Hall–Kier alpha value is -1.10. The van der Waals surface area contributed by atoms with E-state index >= 15 is 0 Å². The predicted octanol–water partition coefficient (Wildman–Crippen LogP) is 0.260. The third kappa shape index (κ3) is 4.78. The van der Waals surface area contributed by atoms with Gasteiger partial charge >= 0.3 is 5.97 Å². The number of carbonyl (C=O) groups is 2. The Labute approximate surface area is 90.7 Å². The molecule has 88 valence electrons. The first-order valence-corrected chi connectivity index (χ1v) is 5.07. The molecular formula is C10H20N2O3. The van der Waals surface area contributed by atoms with Gasteiger partial charge < -0.3 is 10.0 Å². The monoisotopic (exact) mass is 216 g/mol. The fourth-order valence-corrected chi connectivity index (χ4v) is 1.40. The first-order chi connectivity index (χ1) is 6.90. The van der Waals surface area contributed by atoms with Crippen molar-refractivity contribution < 1.29 is 14.7 Å². The summed E-state index contributed by atoms with van der Waals surface area (Å²) in [5, 5.41) is 8.71. The summed E-state index contributed by atoms with van der Waals surface area (Å²) in [6, 6.07) is -0.379. The zero-order chi connectivity index (χ0) is 12.0. The van der Waals surface area contributed by atoms with Gasteiger partial charge in [0.2, 0.25) is 5.91 Å². The van der Waals surface area contributed by atoms with Crippen LogP contribution in [-0.2, 0) is 9.59 Å². The summed E-state index contributed by atoms with van der Waals surface area (Å²) in [5.74, 6) is -0.966. The van der Waals surface area contributed by atoms with Crippen molar-refractivity contribution in [1.82, 2.24) is 9.80 Å². The lowest BCUT2D eigenvalue weighted by molar-refractivity contribution is -0.141. The van der Waals surface area contributed by atoms with E-state index in [1.165, 1.54) is 4.90 Å². The maximum atomic E-state index is 11.6. The Morgan fingerprint density at radius 1 is 1.33 bits per heavy atom. The molecule has 1 N–H and O–H groups in total. The number of aliphatic carboxylic acids is 1. The fraction of sp³-hybridized carbons (Fsp3) is 0.800. The largest absolute Gasteiger partial charge is 0.480 e. The second-order valence-corrected chi connectivity index (χ2v) is 3.77.